The van der Waals surface area contributed by atoms with Crippen LogP contribution in [0.4, 0.5) is 0 Å². The molecular formula is C16H17ClN2O4S. The highest BCUT2D eigenvalue weighted by atomic mass is 35.5. The fourth-order valence-electron chi connectivity index (χ4n) is 2.41. The summed E-state index contributed by atoms with van der Waals surface area (Å²) in [5.41, 5.74) is 0.850. The number of ether oxygens (including phenoxy) is 2. The van der Waals surface area contributed by atoms with Crippen LogP contribution in [0.25, 0.3) is 0 Å². The van der Waals surface area contributed by atoms with Gasteiger partial charge < -0.3 is 9.47 Å². The molecule has 2 heterocycles. The average Bonchev–Trinajstić information content (AvgIpc) is 2.51. The average molecular weight is 369 g/mol. The van der Waals surface area contributed by atoms with Gasteiger partial charge in [-0.3, -0.25) is 0 Å². The standard InChI is InChI=1S/C16H17ClN2O4S/c1-11-5-6-14(22-2)15(8-11)24(20,21)19-9-12(10-19)23-16-13(17)4-3-7-18-16/h3-8,12H,9-10H2,1-2H3. The van der Waals surface area contributed by atoms with Crippen LogP contribution in [0.3, 0.4) is 0 Å². The molecule has 24 heavy (non-hydrogen) atoms. The van der Waals surface area contributed by atoms with Crippen LogP contribution in [0.2, 0.25) is 5.02 Å². The van der Waals surface area contributed by atoms with Crippen molar-refractivity contribution in [2.75, 3.05) is 20.2 Å². The van der Waals surface area contributed by atoms with E-state index in [-0.39, 0.29) is 24.1 Å². The molecule has 1 saturated heterocycles. The minimum absolute atomic E-state index is 0.166. The van der Waals surface area contributed by atoms with Crippen LogP contribution in [-0.4, -0.2) is 44.0 Å². The van der Waals surface area contributed by atoms with Gasteiger partial charge in [-0.25, -0.2) is 13.4 Å². The predicted octanol–water partition coefficient (Wildman–Crippen LogP) is 2.50. The number of aryl methyl sites for hydroxylation is 1. The first-order chi connectivity index (χ1) is 11.4. The molecule has 8 heteroatoms. The first kappa shape index (κ1) is 17.0. The summed E-state index contributed by atoms with van der Waals surface area (Å²) >= 11 is 5.99. The van der Waals surface area contributed by atoms with E-state index in [1.165, 1.54) is 11.4 Å². The van der Waals surface area contributed by atoms with E-state index in [0.717, 1.165) is 5.56 Å². The highest BCUT2D eigenvalue weighted by Gasteiger charge is 2.39. The highest BCUT2D eigenvalue weighted by Crippen LogP contribution is 2.31. The molecule has 2 aromatic rings. The SMILES string of the molecule is COc1ccc(C)cc1S(=O)(=O)N1CC(Oc2ncccc2Cl)C1. The zero-order chi connectivity index (χ0) is 17.3. The molecule has 1 fully saturated rings. The third-order valence-corrected chi connectivity index (χ3v) is 5.89. The summed E-state index contributed by atoms with van der Waals surface area (Å²) in [7, 11) is -2.17. The number of pyridine rings is 1. The highest BCUT2D eigenvalue weighted by molar-refractivity contribution is 7.89. The smallest absolute Gasteiger partial charge is 0.247 e. The van der Waals surface area contributed by atoms with E-state index in [4.69, 9.17) is 21.1 Å². The van der Waals surface area contributed by atoms with Crippen molar-refractivity contribution in [2.24, 2.45) is 0 Å². The molecule has 0 bridgehead atoms. The Morgan fingerprint density at radius 2 is 2.04 bits per heavy atom. The molecule has 0 aliphatic carbocycles. The van der Waals surface area contributed by atoms with Crippen LogP contribution in [0.15, 0.2) is 41.4 Å². The summed E-state index contributed by atoms with van der Waals surface area (Å²) in [6.45, 7) is 2.32. The lowest BCUT2D eigenvalue weighted by Gasteiger charge is -2.37. The molecule has 3 rings (SSSR count). The molecule has 0 unspecified atom stereocenters. The van der Waals surface area contributed by atoms with Gasteiger partial charge in [0.05, 0.1) is 20.2 Å². The molecule has 0 atom stereocenters. The quantitative estimate of drug-likeness (QED) is 0.811. The zero-order valence-electron chi connectivity index (χ0n) is 13.3. The lowest BCUT2D eigenvalue weighted by Crippen LogP contribution is -2.56. The molecule has 0 saturated carbocycles. The van der Waals surface area contributed by atoms with Crippen LogP contribution in [0, 0.1) is 6.92 Å². The molecule has 1 aliphatic heterocycles. The van der Waals surface area contributed by atoms with Crippen molar-refractivity contribution in [3.63, 3.8) is 0 Å². The van der Waals surface area contributed by atoms with Gasteiger partial charge in [-0.1, -0.05) is 17.7 Å². The summed E-state index contributed by atoms with van der Waals surface area (Å²) in [6, 6.07) is 8.45. The van der Waals surface area contributed by atoms with Gasteiger partial charge >= 0.3 is 0 Å². The van der Waals surface area contributed by atoms with Crippen LogP contribution < -0.4 is 9.47 Å². The van der Waals surface area contributed by atoms with Crippen molar-refractivity contribution >= 4 is 21.6 Å². The molecule has 1 aromatic heterocycles. The number of halogens is 1. The molecule has 0 N–H and O–H groups in total. The van der Waals surface area contributed by atoms with E-state index in [9.17, 15) is 8.42 Å². The van der Waals surface area contributed by atoms with Crippen molar-refractivity contribution in [1.29, 1.82) is 0 Å². The van der Waals surface area contributed by atoms with Gasteiger partial charge in [-0.05, 0) is 36.8 Å². The fourth-order valence-corrected chi connectivity index (χ4v) is 4.32. The fraction of sp³-hybridized carbons (Fsp3) is 0.312. The number of sulfonamides is 1. The number of methoxy groups -OCH3 is 1. The zero-order valence-corrected chi connectivity index (χ0v) is 14.8. The molecule has 1 aromatic carbocycles. The lowest BCUT2D eigenvalue weighted by molar-refractivity contribution is 0.0721. The van der Waals surface area contributed by atoms with Crippen molar-refractivity contribution < 1.29 is 17.9 Å². The first-order valence-electron chi connectivity index (χ1n) is 7.34. The minimum atomic E-state index is -3.63. The van der Waals surface area contributed by atoms with Gasteiger partial charge in [-0.15, -0.1) is 0 Å². The summed E-state index contributed by atoms with van der Waals surface area (Å²) in [5.74, 6) is 0.645. The minimum Gasteiger partial charge on any atom is -0.495 e. The van der Waals surface area contributed by atoms with E-state index in [0.29, 0.717) is 16.7 Å². The molecule has 0 spiro atoms. The Labute approximate surface area is 146 Å². The summed E-state index contributed by atoms with van der Waals surface area (Å²) in [4.78, 5) is 4.21. The van der Waals surface area contributed by atoms with Crippen LogP contribution >= 0.6 is 11.6 Å². The van der Waals surface area contributed by atoms with Crippen molar-refractivity contribution in [3.05, 3.63) is 47.1 Å². The number of rotatable bonds is 5. The number of hydrogen-bond acceptors (Lipinski definition) is 5. The van der Waals surface area contributed by atoms with Gasteiger partial charge in [0, 0.05) is 6.20 Å². The van der Waals surface area contributed by atoms with Gasteiger partial charge in [0.15, 0.2) is 0 Å². The Hall–Kier alpha value is -1.83. The molecular weight excluding hydrogens is 352 g/mol. The second kappa shape index (κ2) is 6.58. The summed E-state index contributed by atoms with van der Waals surface area (Å²) in [6.07, 6.45) is 1.30. The summed E-state index contributed by atoms with van der Waals surface area (Å²) in [5, 5.41) is 0.402. The van der Waals surface area contributed by atoms with E-state index < -0.39 is 10.0 Å². The lowest BCUT2D eigenvalue weighted by atomic mass is 10.2. The molecule has 0 amide bonds. The van der Waals surface area contributed by atoms with E-state index in [2.05, 4.69) is 4.98 Å². The first-order valence-corrected chi connectivity index (χ1v) is 9.15. The maximum Gasteiger partial charge on any atom is 0.247 e. The Balaban J connectivity index is 1.73. The van der Waals surface area contributed by atoms with E-state index >= 15 is 0 Å². The number of benzene rings is 1. The normalized spacial score (nSPS) is 15.8. The third-order valence-electron chi connectivity index (χ3n) is 3.75. The maximum atomic E-state index is 12.8. The maximum absolute atomic E-state index is 12.8. The summed E-state index contributed by atoms with van der Waals surface area (Å²) < 4.78 is 37.7. The topological polar surface area (TPSA) is 68.7 Å². The Morgan fingerprint density at radius 1 is 1.29 bits per heavy atom. The number of nitrogens with zero attached hydrogens (tertiary/aromatic N) is 2. The van der Waals surface area contributed by atoms with Crippen molar-refractivity contribution in [1.82, 2.24) is 9.29 Å². The van der Waals surface area contributed by atoms with Crippen molar-refractivity contribution in [3.8, 4) is 11.6 Å². The van der Waals surface area contributed by atoms with E-state index in [1.54, 1.807) is 30.5 Å². The number of hydrogen-bond donors (Lipinski definition) is 0. The molecule has 6 nitrogen and oxygen atoms in total. The second-order valence-corrected chi connectivity index (χ2v) is 7.82. The van der Waals surface area contributed by atoms with Crippen LogP contribution in [0.1, 0.15) is 5.56 Å². The number of aromatic nitrogens is 1. The Morgan fingerprint density at radius 3 is 2.71 bits per heavy atom. The largest absolute Gasteiger partial charge is 0.495 e. The van der Waals surface area contributed by atoms with Crippen LogP contribution in [0.5, 0.6) is 11.6 Å². The van der Waals surface area contributed by atoms with Gasteiger partial charge in [-0.2, -0.15) is 4.31 Å². The van der Waals surface area contributed by atoms with Crippen LogP contribution in [-0.2, 0) is 10.0 Å². The Kier molecular flexibility index (Phi) is 4.67. The van der Waals surface area contributed by atoms with Gasteiger partial charge in [0.25, 0.3) is 0 Å². The predicted molar refractivity (Wildman–Crippen MR) is 90.2 cm³/mol. The van der Waals surface area contributed by atoms with Gasteiger partial charge in [0.2, 0.25) is 15.9 Å². The molecule has 0 radical (unpaired) electrons. The second-order valence-electron chi connectivity index (χ2n) is 5.51. The monoisotopic (exact) mass is 368 g/mol. The van der Waals surface area contributed by atoms with E-state index in [1.807, 2.05) is 13.0 Å². The Bertz CT molecular complexity index is 851. The van der Waals surface area contributed by atoms with Gasteiger partial charge in [0.1, 0.15) is 21.8 Å². The third kappa shape index (κ3) is 3.19. The van der Waals surface area contributed by atoms with Crippen molar-refractivity contribution in [2.45, 2.75) is 17.9 Å². The molecule has 128 valence electrons. The molecule has 1 aliphatic rings.